The number of phenols is 1. The van der Waals surface area contributed by atoms with Crippen LogP contribution >= 0.6 is 11.3 Å². The van der Waals surface area contributed by atoms with E-state index in [0.29, 0.717) is 32.1 Å². The lowest BCUT2D eigenvalue weighted by Gasteiger charge is -2.43. The van der Waals surface area contributed by atoms with Crippen LogP contribution in [0.3, 0.4) is 0 Å². The molecule has 0 unspecified atom stereocenters. The van der Waals surface area contributed by atoms with Crippen LogP contribution in [0.5, 0.6) is 5.75 Å². The molecule has 2 amide bonds. The summed E-state index contributed by atoms with van der Waals surface area (Å²) in [6.45, 7) is 2.45. The van der Waals surface area contributed by atoms with Gasteiger partial charge in [-0.05, 0) is 78.2 Å². The summed E-state index contributed by atoms with van der Waals surface area (Å²) in [7, 11) is -0.998. The number of allylic oxidation sites excluding steroid dienone is 2. The van der Waals surface area contributed by atoms with Crippen LogP contribution in [0.15, 0.2) is 83.3 Å². The molecule has 2 N–H and O–H groups in total. The maximum atomic E-state index is 13.8. The van der Waals surface area contributed by atoms with Crippen molar-refractivity contribution >= 4 is 41.9 Å². The minimum absolute atomic E-state index is 0.0828. The molecule has 0 bridgehead atoms. The highest BCUT2D eigenvalue weighted by atomic mass is 32.1. The summed E-state index contributed by atoms with van der Waals surface area (Å²) in [5.41, 5.74) is 5.19. The standard InChI is InChI=1S/C34H36BNO5S/c1-2-9-25-19-27-32(34(39)36(33(27)38)21-26-13-8-17-42-26)28-20-35(40)41-30(31(25)28)16-15-23(22-10-4-3-5-11-22)18-24-12-6-7-14-29(24)37/h3-8,10-14,17-18,27-28,30,32,37,40H,2,9,15-16,19-21H2,1H3/b23-18-/t27-,28+,30-,32-/m1/s1. The van der Waals surface area contributed by atoms with Crippen molar-refractivity contribution in [3.63, 3.8) is 0 Å². The molecule has 2 aromatic carbocycles. The monoisotopic (exact) mass is 581 g/mol. The molecule has 6 nitrogen and oxygen atoms in total. The lowest BCUT2D eigenvalue weighted by Crippen LogP contribution is -2.46. The molecular weight excluding hydrogens is 545 g/mol. The topological polar surface area (TPSA) is 87.1 Å². The predicted octanol–water partition coefficient (Wildman–Crippen LogP) is 6.57. The molecule has 3 aromatic rings. The number of carbonyl (C=O) groups is 2. The van der Waals surface area contributed by atoms with Gasteiger partial charge in [0.1, 0.15) is 5.75 Å². The number of imide groups is 1. The molecule has 0 spiro atoms. The Hall–Kier alpha value is -3.46. The number of fused-ring (bicyclic) bond motifs is 3. The lowest BCUT2D eigenvalue weighted by atomic mass is 9.58. The molecule has 6 rings (SSSR count). The Balaban J connectivity index is 1.31. The first kappa shape index (κ1) is 28.7. The summed E-state index contributed by atoms with van der Waals surface area (Å²) in [4.78, 5) is 29.9. The van der Waals surface area contributed by atoms with Gasteiger partial charge in [0.05, 0.1) is 24.5 Å². The third-order valence-electron chi connectivity index (χ3n) is 8.93. The molecule has 3 heterocycles. The number of thiophene rings is 1. The SMILES string of the molecule is CCCC1=C2[C@@H](CC/C(=C/c3ccccc3O)c3ccccc3)OB(O)C[C@@H]2[C@@H]2C(=O)N(Cc3cccs3)C(=O)[C@@H]2C1. The summed E-state index contributed by atoms with van der Waals surface area (Å²) in [6, 6.07) is 21.3. The van der Waals surface area contributed by atoms with Gasteiger partial charge in [-0.25, -0.2) is 0 Å². The number of amides is 2. The van der Waals surface area contributed by atoms with Gasteiger partial charge in [0.2, 0.25) is 11.8 Å². The second-order valence-corrected chi connectivity index (χ2v) is 12.6. The van der Waals surface area contributed by atoms with Crippen LogP contribution in [0.1, 0.15) is 55.0 Å². The second kappa shape index (κ2) is 12.4. The van der Waals surface area contributed by atoms with Gasteiger partial charge in [-0.2, -0.15) is 0 Å². The van der Waals surface area contributed by atoms with Crippen molar-refractivity contribution in [3.05, 3.63) is 99.3 Å². The number of aromatic hydroxyl groups is 1. The minimum atomic E-state index is -0.998. The average molecular weight is 582 g/mol. The largest absolute Gasteiger partial charge is 0.507 e. The van der Waals surface area contributed by atoms with E-state index in [1.54, 1.807) is 23.5 Å². The number of carbonyl (C=O) groups excluding carboxylic acids is 2. The zero-order valence-corrected chi connectivity index (χ0v) is 24.6. The van der Waals surface area contributed by atoms with Crippen molar-refractivity contribution in [1.82, 2.24) is 4.90 Å². The number of hydrogen-bond donors (Lipinski definition) is 2. The van der Waals surface area contributed by atoms with Gasteiger partial charge in [0.15, 0.2) is 0 Å². The first-order valence-electron chi connectivity index (χ1n) is 14.9. The number of nitrogens with zero attached hydrogens (tertiary/aromatic N) is 1. The molecule has 1 aromatic heterocycles. The summed E-state index contributed by atoms with van der Waals surface area (Å²) < 4.78 is 6.23. The molecule has 0 radical (unpaired) electrons. The molecule has 2 fully saturated rings. The van der Waals surface area contributed by atoms with E-state index in [1.165, 1.54) is 10.5 Å². The third-order valence-corrected chi connectivity index (χ3v) is 9.79. The van der Waals surface area contributed by atoms with Crippen molar-refractivity contribution in [1.29, 1.82) is 0 Å². The van der Waals surface area contributed by atoms with E-state index < -0.39 is 13.0 Å². The van der Waals surface area contributed by atoms with Crippen molar-refractivity contribution in [3.8, 4) is 5.75 Å². The minimum Gasteiger partial charge on any atom is -0.507 e. The van der Waals surface area contributed by atoms with Crippen molar-refractivity contribution < 1.29 is 24.4 Å². The zero-order valence-electron chi connectivity index (χ0n) is 23.8. The van der Waals surface area contributed by atoms with E-state index in [1.807, 2.05) is 53.9 Å². The zero-order chi connectivity index (χ0) is 29.2. The summed E-state index contributed by atoms with van der Waals surface area (Å²) in [5, 5.41) is 23.4. The first-order valence-corrected chi connectivity index (χ1v) is 15.8. The van der Waals surface area contributed by atoms with Crippen molar-refractivity contribution in [2.45, 2.75) is 58.0 Å². The van der Waals surface area contributed by atoms with Gasteiger partial charge >= 0.3 is 7.12 Å². The summed E-state index contributed by atoms with van der Waals surface area (Å²) in [5.74, 6) is -1.03. The molecular formula is C34H36BNO5S. The summed E-state index contributed by atoms with van der Waals surface area (Å²) in [6.07, 6.45) is 5.60. The van der Waals surface area contributed by atoms with Gasteiger partial charge in [-0.15, -0.1) is 11.3 Å². The second-order valence-electron chi connectivity index (χ2n) is 11.5. The van der Waals surface area contributed by atoms with E-state index in [0.717, 1.165) is 40.0 Å². The average Bonchev–Trinajstić information content (AvgIpc) is 3.59. The highest BCUT2D eigenvalue weighted by molar-refractivity contribution is 7.09. The number of benzene rings is 2. The normalized spacial score (nSPS) is 24.3. The Morgan fingerprint density at radius 2 is 1.83 bits per heavy atom. The van der Waals surface area contributed by atoms with Crippen molar-refractivity contribution in [2.24, 2.45) is 17.8 Å². The van der Waals surface area contributed by atoms with E-state index >= 15 is 0 Å². The van der Waals surface area contributed by atoms with Crippen LogP contribution in [0.4, 0.5) is 0 Å². The van der Waals surface area contributed by atoms with Crippen LogP contribution in [0.2, 0.25) is 6.32 Å². The van der Waals surface area contributed by atoms with Gasteiger partial charge < -0.3 is 14.8 Å². The fourth-order valence-electron chi connectivity index (χ4n) is 7.12. The van der Waals surface area contributed by atoms with Crippen LogP contribution in [0.25, 0.3) is 11.6 Å². The number of hydrogen-bond acceptors (Lipinski definition) is 6. The van der Waals surface area contributed by atoms with E-state index in [-0.39, 0.29) is 35.5 Å². The molecule has 0 saturated carbocycles. The number of rotatable bonds is 9. The fourth-order valence-corrected chi connectivity index (χ4v) is 7.81. The quantitative estimate of drug-likeness (QED) is 0.129. The Kier molecular flexibility index (Phi) is 8.47. The van der Waals surface area contributed by atoms with Crippen LogP contribution in [-0.2, 0) is 20.8 Å². The fraction of sp³-hybridized carbons (Fsp3) is 0.353. The number of phenolic OH excluding ortho intramolecular Hbond substituents is 1. The molecule has 216 valence electrons. The first-order chi connectivity index (χ1) is 20.4. The van der Waals surface area contributed by atoms with Gasteiger partial charge in [0.25, 0.3) is 0 Å². The Labute approximate surface area is 251 Å². The molecule has 1 aliphatic carbocycles. The number of likely N-dealkylation sites (tertiary alicyclic amines) is 1. The maximum Gasteiger partial charge on any atom is 0.455 e. The van der Waals surface area contributed by atoms with Gasteiger partial charge in [0, 0.05) is 10.4 Å². The Morgan fingerprint density at radius 1 is 1.05 bits per heavy atom. The molecule has 4 atom stereocenters. The maximum absolute atomic E-state index is 13.8. The smallest absolute Gasteiger partial charge is 0.455 e. The highest BCUT2D eigenvalue weighted by Crippen LogP contribution is 2.52. The Bertz CT molecular complexity index is 1500. The predicted molar refractivity (Wildman–Crippen MR) is 166 cm³/mol. The molecule has 3 aliphatic rings. The third kappa shape index (κ3) is 5.63. The van der Waals surface area contributed by atoms with Crippen molar-refractivity contribution in [2.75, 3.05) is 0 Å². The van der Waals surface area contributed by atoms with Crippen LogP contribution in [0, 0.1) is 17.8 Å². The van der Waals surface area contributed by atoms with Crippen LogP contribution < -0.4 is 0 Å². The van der Waals surface area contributed by atoms with E-state index in [4.69, 9.17) is 4.65 Å². The van der Waals surface area contributed by atoms with E-state index in [9.17, 15) is 19.7 Å². The lowest BCUT2D eigenvalue weighted by molar-refractivity contribution is -0.140. The van der Waals surface area contributed by atoms with Crippen LogP contribution in [-0.4, -0.2) is 40.1 Å². The molecule has 2 saturated heterocycles. The Morgan fingerprint density at radius 3 is 2.57 bits per heavy atom. The molecule has 8 heteroatoms. The van der Waals surface area contributed by atoms with Gasteiger partial charge in [-0.1, -0.05) is 73.5 Å². The highest BCUT2D eigenvalue weighted by Gasteiger charge is 2.57. The summed E-state index contributed by atoms with van der Waals surface area (Å²) >= 11 is 1.55. The van der Waals surface area contributed by atoms with Gasteiger partial charge in [-0.3, -0.25) is 14.5 Å². The molecule has 42 heavy (non-hydrogen) atoms. The van der Waals surface area contributed by atoms with E-state index in [2.05, 4.69) is 19.1 Å². The molecule has 2 aliphatic heterocycles. The number of para-hydroxylation sites is 1.